The zero-order valence-electron chi connectivity index (χ0n) is 10.6. The van der Waals surface area contributed by atoms with Crippen molar-refractivity contribution in [2.45, 2.75) is 18.4 Å². The lowest BCUT2D eigenvalue weighted by Crippen LogP contribution is -2.39. The van der Waals surface area contributed by atoms with Crippen molar-refractivity contribution in [3.63, 3.8) is 0 Å². The van der Waals surface area contributed by atoms with Crippen LogP contribution in [0, 0.1) is 0 Å². The first-order valence-corrected chi connectivity index (χ1v) is 7.06. The average Bonchev–Trinajstić information content (AvgIpc) is 2.89. The molecule has 20 heavy (non-hydrogen) atoms. The van der Waals surface area contributed by atoms with E-state index < -0.39 is 5.60 Å². The van der Waals surface area contributed by atoms with Gasteiger partial charge in [-0.1, -0.05) is 28.4 Å². The van der Waals surface area contributed by atoms with Crippen molar-refractivity contribution in [3.05, 3.63) is 34.1 Å². The van der Waals surface area contributed by atoms with Crippen LogP contribution >= 0.6 is 23.2 Å². The molecule has 0 saturated carbocycles. The predicted molar refractivity (Wildman–Crippen MR) is 75.8 cm³/mol. The third-order valence-corrected chi connectivity index (χ3v) is 3.81. The fourth-order valence-electron chi connectivity index (χ4n) is 2.27. The third-order valence-electron chi connectivity index (χ3n) is 3.38. The van der Waals surface area contributed by atoms with E-state index in [4.69, 9.17) is 27.7 Å². The lowest BCUT2D eigenvalue weighted by atomic mass is 9.92. The molecule has 1 aromatic heterocycles. The number of nitrogens with one attached hydrogen (secondary N) is 1. The van der Waals surface area contributed by atoms with Crippen LogP contribution < -0.4 is 5.32 Å². The Morgan fingerprint density at radius 1 is 1.15 bits per heavy atom. The van der Waals surface area contributed by atoms with E-state index >= 15 is 0 Å². The first-order valence-electron chi connectivity index (χ1n) is 6.31. The molecule has 1 aliphatic heterocycles. The molecule has 0 aliphatic carbocycles. The number of hydrogen-bond donors (Lipinski definition) is 2. The first-order chi connectivity index (χ1) is 9.57. The van der Waals surface area contributed by atoms with Crippen LogP contribution in [0.15, 0.2) is 22.7 Å². The fourth-order valence-corrected chi connectivity index (χ4v) is 2.79. The Kier molecular flexibility index (Phi) is 3.69. The van der Waals surface area contributed by atoms with Crippen LogP contribution in [0.5, 0.6) is 0 Å². The second-order valence-electron chi connectivity index (χ2n) is 4.86. The van der Waals surface area contributed by atoms with Gasteiger partial charge in [-0.15, -0.1) is 0 Å². The normalized spacial score (nSPS) is 18.1. The Hall–Kier alpha value is -1.14. The molecule has 1 saturated heterocycles. The number of benzene rings is 1. The van der Waals surface area contributed by atoms with E-state index in [1.165, 1.54) is 0 Å². The maximum Gasteiger partial charge on any atom is 0.259 e. The third kappa shape index (κ3) is 2.67. The summed E-state index contributed by atoms with van der Waals surface area (Å²) in [7, 11) is 0. The predicted octanol–water partition coefficient (Wildman–Crippen LogP) is 2.61. The Morgan fingerprint density at radius 3 is 2.45 bits per heavy atom. The Morgan fingerprint density at radius 2 is 1.80 bits per heavy atom. The highest BCUT2D eigenvalue weighted by molar-refractivity contribution is 6.35. The standard InChI is InChI=1S/C13H13Cl2N3O2/c14-9-5-8(6-10(15)7-9)11-17-12(20-18-11)13(19)1-3-16-4-2-13/h5-7,16,19H,1-4H2. The molecule has 0 amide bonds. The van der Waals surface area contributed by atoms with E-state index in [0.29, 0.717) is 34.3 Å². The van der Waals surface area contributed by atoms with Crippen LogP contribution in [0.1, 0.15) is 18.7 Å². The van der Waals surface area contributed by atoms with Crippen LogP contribution in [-0.4, -0.2) is 28.3 Å². The van der Waals surface area contributed by atoms with Gasteiger partial charge in [-0.3, -0.25) is 0 Å². The summed E-state index contributed by atoms with van der Waals surface area (Å²) in [5.41, 5.74) is -0.395. The minimum atomic E-state index is -1.06. The van der Waals surface area contributed by atoms with Crippen molar-refractivity contribution in [2.75, 3.05) is 13.1 Å². The molecule has 106 valence electrons. The zero-order chi connectivity index (χ0) is 14.2. The minimum absolute atomic E-state index is 0.241. The number of hydrogen-bond acceptors (Lipinski definition) is 5. The van der Waals surface area contributed by atoms with Gasteiger partial charge in [0.1, 0.15) is 5.60 Å². The van der Waals surface area contributed by atoms with Gasteiger partial charge in [-0.2, -0.15) is 4.98 Å². The number of halogens is 2. The van der Waals surface area contributed by atoms with Gasteiger partial charge in [-0.05, 0) is 44.1 Å². The molecule has 0 bridgehead atoms. The van der Waals surface area contributed by atoms with Crippen molar-refractivity contribution >= 4 is 23.2 Å². The lowest BCUT2D eigenvalue weighted by Gasteiger charge is -2.28. The highest BCUT2D eigenvalue weighted by atomic mass is 35.5. The van der Waals surface area contributed by atoms with Gasteiger partial charge in [0, 0.05) is 15.6 Å². The van der Waals surface area contributed by atoms with Crippen LogP contribution in [-0.2, 0) is 5.60 Å². The van der Waals surface area contributed by atoms with Gasteiger partial charge in [0.2, 0.25) is 5.82 Å². The molecular formula is C13H13Cl2N3O2. The molecule has 0 spiro atoms. The summed E-state index contributed by atoms with van der Waals surface area (Å²) in [6.07, 6.45) is 1.09. The second-order valence-corrected chi connectivity index (χ2v) is 5.74. The summed E-state index contributed by atoms with van der Waals surface area (Å²) < 4.78 is 5.22. The van der Waals surface area contributed by atoms with Crippen molar-refractivity contribution in [1.82, 2.24) is 15.5 Å². The molecule has 2 heterocycles. The number of piperidine rings is 1. The number of nitrogens with zero attached hydrogens (tertiary/aromatic N) is 2. The van der Waals surface area contributed by atoms with Crippen molar-refractivity contribution < 1.29 is 9.63 Å². The molecule has 0 unspecified atom stereocenters. The van der Waals surface area contributed by atoms with Crippen molar-refractivity contribution in [2.24, 2.45) is 0 Å². The molecular weight excluding hydrogens is 301 g/mol. The highest BCUT2D eigenvalue weighted by Crippen LogP contribution is 2.31. The lowest BCUT2D eigenvalue weighted by molar-refractivity contribution is -0.0228. The van der Waals surface area contributed by atoms with Gasteiger partial charge in [0.25, 0.3) is 5.89 Å². The SMILES string of the molecule is OC1(c2nc(-c3cc(Cl)cc(Cl)c3)no2)CCNCC1. The van der Waals surface area contributed by atoms with E-state index in [-0.39, 0.29) is 5.89 Å². The monoisotopic (exact) mass is 313 g/mol. The topological polar surface area (TPSA) is 71.2 Å². The summed E-state index contributed by atoms with van der Waals surface area (Å²) >= 11 is 11.9. The Labute approximate surface area is 125 Å². The van der Waals surface area contributed by atoms with Crippen LogP contribution in [0.2, 0.25) is 10.0 Å². The van der Waals surface area contributed by atoms with E-state index in [2.05, 4.69) is 15.5 Å². The summed E-state index contributed by atoms with van der Waals surface area (Å²) in [5.74, 6) is 0.612. The maximum absolute atomic E-state index is 10.5. The molecule has 2 N–H and O–H groups in total. The number of aliphatic hydroxyl groups is 1. The van der Waals surface area contributed by atoms with Gasteiger partial charge < -0.3 is 14.9 Å². The smallest absolute Gasteiger partial charge is 0.259 e. The molecule has 3 rings (SSSR count). The first kappa shape index (κ1) is 13.8. The van der Waals surface area contributed by atoms with Crippen molar-refractivity contribution in [3.8, 4) is 11.4 Å². The summed E-state index contributed by atoms with van der Waals surface area (Å²) in [5, 5.41) is 18.6. The molecule has 1 aliphatic rings. The van der Waals surface area contributed by atoms with E-state index in [0.717, 1.165) is 13.1 Å². The molecule has 1 fully saturated rings. The van der Waals surface area contributed by atoms with Gasteiger partial charge in [0.15, 0.2) is 0 Å². The number of rotatable bonds is 2. The van der Waals surface area contributed by atoms with Gasteiger partial charge in [0.05, 0.1) is 0 Å². The van der Waals surface area contributed by atoms with E-state index in [1.54, 1.807) is 18.2 Å². The van der Waals surface area contributed by atoms with E-state index in [9.17, 15) is 5.11 Å². The molecule has 1 aromatic carbocycles. The average molecular weight is 314 g/mol. The molecule has 2 aromatic rings. The molecule has 0 atom stereocenters. The number of aromatic nitrogens is 2. The minimum Gasteiger partial charge on any atom is -0.380 e. The fraction of sp³-hybridized carbons (Fsp3) is 0.385. The van der Waals surface area contributed by atoms with Gasteiger partial charge in [-0.25, -0.2) is 0 Å². The van der Waals surface area contributed by atoms with Crippen LogP contribution in [0.25, 0.3) is 11.4 Å². The highest BCUT2D eigenvalue weighted by Gasteiger charge is 2.37. The Balaban J connectivity index is 1.93. The molecule has 0 radical (unpaired) electrons. The zero-order valence-corrected chi connectivity index (χ0v) is 12.1. The van der Waals surface area contributed by atoms with Crippen LogP contribution in [0.4, 0.5) is 0 Å². The Bertz CT molecular complexity index is 604. The summed E-state index contributed by atoms with van der Waals surface area (Å²) in [6, 6.07) is 5.04. The van der Waals surface area contributed by atoms with E-state index in [1.807, 2.05) is 0 Å². The van der Waals surface area contributed by atoms with Crippen molar-refractivity contribution in [1.29, 1.82) is 0 Å². The quantitative estimate of drug-likeness (QED) is 0.891. The second kappa shape index (κ2) is 5.33. The van der Waals surface area contributed by atoms with Crippen LogP contribution in [0.3, 0.4) is 0 Å². The maximum atomic E-state index is 10.5. The van der Waals surface area contributed by atoms with Gasteiger partial charge >= 0.3 is 0 Å². The molecule has 5 nitrogen and oxygen atoms in total. The largest absolute Gasteiger partial charge is 0.380 e. The molecule has 7 heteroatoms. The summed E-state index contributed by atoms with van der Waals surface area (Å²) in [4.78, 5) is 4.29. The summed E-state index contributed by atoms with van der Waals surface area (Å²) in [6.45, 7) is 1.44.